The second-order valence-corrected chi connectivity index (χ2v) is 5.58. The number of hydrogen-bond donors (Lipinski definition) is 2. The number of benzene rings is 1. The summed E-state index contributed by atoms with van der Waals surface area (Å²) in [6, 6.07) is 5.07. The van der Waals surface area contributed by atoms with Crippen LogP contribution >= 0.6 is 0 Å². The average Bonchev–Trinajstić information content (AvgIpc) is 2.90. The summed E-state index contributed by atoms with van der Waals surface area (Å²) in [6.45, 7) is 3.13. The minimum atomic E-state index is -1.04. The smallest absolute Gasteiger partial charge is 0.337 e. The molecule has 1 atom stereocenters. The second kappa shape index (κ2) is 6.13. The molecule has 0 aromatic heterocycles. The van der Waals surface area contributed by atoms with E-state index in [2.05, 4.69) is 10.2 Å². The molecule has 0 bridgehead atoms. The van der Waals surface area contributed by atoms with Crippen LogP contribution in [0, 0.1) is 6.92 Å². The number of hydrogen-bond acceptors (Lipinski definition) is 3. The van der Waals surface area contributed by atoms with Crippen LogP contribution in [0.4, 0.5) is 10.5 Å². The number of para-hydroxylation sites is 1. The molecule has 6 nitrogen and oxygen atoms in total. The van der Waals surface area contributed by atoms with E-state index in [9.17, 15) is 14.7 Å². The van der Waals surface area contributed by atoms with Crippen LogP contribution in [0.2, 0.25) is 0 Å². The van der Waals surface area contributed by atoms with Gasteiger partial charge in [-0.2, -0.15) is 0 Å². The van der Waals surface area contributed by atoms with E-state index in [1.807, 2.05) is 14.1 Å². The van der Waals surface area contributed by atoms with Crippen LogP contribution in [-0.2, 0) is 0 Å². The molecule has 1 saturated heterocycles. The highest BCUT2D eigenvalue weighted by Gasteiger charge is 2.28. The predicted octanol–water partition coefficient (Wildman–Crippen LogP) is 1.86. The Morgan fingerprint density at radius 2 is 2.10 bits per heavy atom. The number of carboxylic acids is 1. The van der Waals surface area contributed by atoms with Crippen molar-refractivity contribution in [2.75, 3.05) is 32.5 Å². The van der Waals surface area contributed by atoms with Crippen molar-refractivity contribution in [2.24, 2.45) is 0 Å². The van der Waals surface area contributed by atoms with Crippen LogP contribution in [0.25, 0.3) is 0 Å². The fraction of sp³-hybridized carbons (Fsp3) is 0.467. The van der Waals surface area contributed by atoms with Crippen molar-refractivity contribution in [1.82, 2.24) is 9.80 Å². The van der Waals surface area contributed by atoms with Gasteiger partial charge >= 0.3 is 12.0 Å². The number of nitrogens with one attached hydrogen (secondary N) is 1. The molecule has 1 fully saturated rings. The Hall–Kier alpha value is -2.08. The van der Waals surface area contributed by atoms with Crippen LogP contribution in [0.3, 0.4) is 0 Å². The van der Waals surface area contributed by atoms with Gasteiger partial charge in [0.1, 0.15) is 0 Å². The van der Waals surface area contributed by atoms with Crippen LogP contribution in [-0.4, -0.2) is 60.1 Å². The Morgan fingerprint density at radius 1 is 1.38 bits per heavy atom. The standard InChI is InChI=1S/C15H21N3O3/c1-10-5-4-6-12(14(19)20)13(10)16-15(21)18-8-7-11(9-18)17(2)3/h4-6,11H,7-9H2,1-3H3,(H,16,21)(H,19,20). The van der Waals surface area contributed by atoms with Crippen molar-refractivity contribution < 1.29 is 14.7 Å². The molecule has 1 aromatic carbocycles. The SMILES string of the molecule is Cc1cccc(C(=O)O)c1NC(=O)N1CCC(N(C)C)C1. The van der Waals surface area contributed by atoms with Crippen molar-refractivity contribution >= 4 is 17.7 Å². The first-order valence-electron chi connectivity index (χ1n) is 6.95. The Bertz CT molecular complexity index is 557. The number of carboxylic acid groups (broad SMARTS) is 1. The summed E-state index contributed by atoms with van der Waals surface area (Å²) in [5, 5.41) is 12.0. The molecule has 114 valence electrons. The first kappa shape index (κ1) is 15.3. The van der Waals surface area contributed by atoms with Crippen molar-refractivity contribution in [3.8, 4) is 0 Å². The summed E-state index contributed by atoms with van der Waals surface area (Å²) in [7, 11) is 3.99. The van der Waals surface area contributed by atoms with Crippen LogP contribution in [0.5, 0.6) is 0 Å². The number of carbonyl (C=O) groups is 2. The largest absolute Gasteiger partial charge is 0.478 e. The third-order valence-electron chi connectivity index (χ3n) is 3.92. The van der Waals surface area contributed by atoms with Gasteiger partial charge in [0, 0.05) is 19.1 Å². The predicted molar refractivity (Wildman–Crippen MR) is 80.8 cm³/mol. The molecule has 2 rings (SSSR count). The van der Waals surface area contributed by atoms with E-state index >= 15 is 0 Å². The Balaban J connectivity index is 2.12. The molecule has 0 spiro atoms. The number of nitrogens with zero attached hydrogens (tertiary/aromatic N) is 2. The van der Waals surface area contributed by atoms with Crippen molar-refractivity contribution in [3.05, 3.63) is 29.3 Å². The highest BCUT2D eigenvalue weighted by Crippen LogP contribution is 2.22. The molecule has 1 aliphatic rings. The maximum Gasteiger partial charge on any atom is 0.337 e. The second-order valence-electron chi connectivity index (χ2n) is 5.58. The van der Waals surface area contributed by atoms with E-state index in [-0.39, 0.29) is 11.6 Å². The number of likely N-dealkylation sites (tertiary alicyclic amines) is 1. The van der Waals surface area contributed by atoms with Gasteiger partial charge in [-0.25, -0.2) is 9.59 Å². The fourth-order valence-corrected chi connectivity index (χ4v) is 2.55. The quantitative estimate of drug-likeness (QED) is 0.891. The molecule has 2 amide bonds. The number of rotatable bonds is 3. The van der Waals surface area contributed by atoms with Gasteiger partial charge in [0.2, 0.25) is 0 Å². The Kier molecular flexibility index (Phi) is 4.47. The van der Waals surface area contributed by atoms with Gasteiger partial charge in [-0.1, -0.05) is 12.1 Å². The molecule has 21 heavy (non-hydrogen) atoms. The Morgan fingerprint density at radius 3 is 2.67 bits per heavy atom. The van der Waals surface area contributed by atoms with E-state index in [0.29, 0.717) is 24.8 Å². The highest BCUT2D eigenvalue weighted by molar-refractivity contribution is 6.01. The van der Waals surface area contributed by atoms with Crippen LogP contribution < -0.4 is 5.32 Å². The average molecular weight is 291 g/mol. The normalized spacial score (nSPS) is 18.1. The zero-order chi connectivity index (χ0) is 15.6. The zero-order valence-electron chi connectivity index (χ0n) is 12.6. The molecule has 6 heteroatoms. The lowest BCUT2D eigenvalue weighted by atomic mass is 10.1. The van der Waals surface area contributed by atoms with Crippen LogP contribution in [0.15, 0.2) is 18.2 Å². The molecule has 1 heterocycles. The van der Waals surface area contributed by atoms with Gasteiger partial charge in [0.05, 0.1) is 11.3 Å². The summed E-state index contributed by atoms with van der Waals surface area (Å²) in [5.41, 5.74) is 1.24. The molecule has 1 aromatic rings. The zero-order valence-corrected chi connectivity index (χ0v) is 12.6. The van der Waals surface area contributed by atoms with Crippen molar-refractivity contribution in [3.63, 3.8) is 0 Å². The van der Waals surface area contributed by atoms with Gasteiger partial charge in [-0.3, -0.25) is 0 Å². The number of anilines is 1. The monoisotopic (exact) mass is 291 g/mol. The Labute approximate surface area is 124 Å². The lowest BCUT2D eigenvalue weighted by molar-refractivity contribution is 0.0698. The van der Waals surface area contributed by atoms with Gasteiger partial charge in [0.15, 0.2) is 0 Å². The third-order valence-corrected chi connectivity index (χ3v) is 3.92. The molecule has 1 unspecified atom stereocenters. The van der Waals surface area contributed by atoms with E-state index in [0.717, 1.165) is 12.0 Å². The number of aryl methyl sites for hydroxylation is 1. The molecular weight excluding hydrogens is 270 g/mol. The van der Waals surface area contributed by atoms with E-state index < -0.39 is 5.97 Å². The maximum atomic E-state index is 12.3. The van der Waals surface area contributed by atoms with E-state index in [4.69, 9.17) is 0 Å². The number of carbonyl (C=O) groups excluding carboxylic acids is 1. The number of aromatic carboxylic acids is 1. The molecule has 2 N–H and O–H groups in total. The number of urea groups is 1. The van der Waals surface area contributed by atoms with Crippen LogP contribution in [0.1, 0.15) is 22.3 Å². The summed E-state index contributed by atoms with van der Waals surface area (Å²) in [6.07, 6.45) is 0.931. The van der Waals surface area contributed by atoms with E-state index in [1.165, 1.54) is 6.07 Å². The number of likely N-dealkylation sites (N-methyl/N-ethyl adjacent to an activating group) is 1. The first-order valence-corrected chi connectivity index (χ1v) is 6.95. The minimum absolute atomic E-state index is 0.117. The fourth-order valence-electron chi connectivity index (χ4n) is 2.55. The minimum Gasteiger partial charge on any atom is -0.478 e. The summed E-state index contributed by atoms with van der Waals surface area (Å²) >= 11 is 0. The number of amides is 2. The summed E-state index contributed by atoms with van der Waals surface area (Å²) in [5.74, 6) is -1.04. The molecule has 0 aliphatic carbocycles. The highest BCUT2D eigenvalue weighted by atomic mass is 16.4. The lowest BCUT2D eigenvalue weighted by Crippen LogP contribution is -2.37. The van der Waals surface area contributed by atoms with Crippen molar-refractivity contribution in [1.29, 1.82) is 0 Å². The molecule has 1 aliphatic heterocycles. The topological polar surface area (TPSA) is 72.9 Å². The molecular formula is C15H21N3O3. The van der Waals surface area contributed by atoms with E-state index in [1.54, 1.807) is 24.0 Å². The van der Waals surface area contributed by atoms with Gasteiger partial charge in [-0.15, -0.1) is 0 Å². The summed E-state index contributed by atoms with van der Waals surface area (Å²) < 4.78 is 0. The molecule has 0 radical (unpaired) electrons. The summed E-state index contributed by atoms with van der Waals surface area (Å²) in [4.78, 5) is 27.4. The van der Waals surface area contributed by atoms with Gasteiger partial charge < -0.3 is 20.2 Å². The third kappa shape index (κ3) is 3.33. The maximum absolute atomic E-state index is 12.3. The van der Waals surface area contributed by atoms with Gasteiger partial charge in [-0.05, 0) is 39.1 Å². The van der Waals surface area contributed by atoms with Crippen molar-refractivity contribution in [2.45, 2.75) is 19.4 Å². The first-order chi connectivity index (χ1) is 9.90. The molecule has 0 saturated carbocycles. The van der Waals surface area contributed by atoms with Gasteiger partial charge in [0.25, 0.3) is 0 Å². The lowest BCUT2D eigenvalue weighted by Gasteiger charge is -2.21.